The van der Waals surface area contributed by atoms with Gasteiger partial charge in [0.15, 0.2) is 0 Å². The zero-order chi connectivity index (χ0) is 12.4. The van der Waals surface area contributed by atoms with Crippen LogP contribution < -0.4 is 10.6 Å². The topological polar surface area (TPSA) is 27.3 Å². The molecule has 1 radical (unpaired) electrons. The predicted molar refractivity (Wildman–Crippen MR) is 77.1 cm³/mol. The Bertz CT molecular complexity index is 440. The van der Waals surface area contributed by atoms with Crippen molar-refractivity contribution in [3.05, 3.63) is 29.8 Å². The van der Waals surface area contributed by atoms with Crippen LogP contribution in [0.1, 0.15) is 18.4 Å². The molecule has 93 valence electrons. The molecule has 1 saturated heterocycles. The normalized spacial score (nSPS) is 21.1. The molecule has 1 aromatic carbocycles. The van der Waals surface area contributed by atoms with Gasteiger partial charge in [-0.25, -0.2) is 0 Å². The molecular formula is C14H19BN3. The summed E-state index contributed by atoms with van der Waals surface area (Å²) >= 11 is 0. The molecule has 0 atom stereocenters. The number of nitrogens with zero attached hydrogens (tertiary/aromatic N) is 1. The van der Waals surface area contributed by atoms with Crippen molar-refractivity contribution in [2.75, 3.05) is 25.0 Å². The molecular weight excluding hydrogens is 221 g/mol. The summed E-state index contributed by atoms with van der Waals surface area (Å²) in [4.78, 5) is 2.35. The van der Waals surface area contributed by atoms with Gasteiger partial charge in [-0.3, -0.25) is 0 Å². The van der Waals surface area contributed by atoms with E-state index in [4.69, 9.17) is 7.49 Å². The van der Waals surface area contributed by atoms with Crippen LogP contribution in [0, 0.1) is 0 Å². The summed E-state index contributed by atoms with van der Waals surface area (Å²) < 4.78 is 0. The molecule has 2 aliphatic rings. The maximum absolute atomic E-state index is 6.24. The van der Waals surface area contributed by atoms with Crippen molar-refractivity contribution in [2.24, 2.45) is 0 Å². The predicted octanol–water partition coefficient (Wildman–Crippen LogP) is 0.964. The molecule has 0 aromatic heterocycles. The zero-order valence-electron chi connectivity index (χ0n) is 10.7. The van der Waals surface area contributed by atoms with Crippen molar-refractivity contribution < 1.29 is 0 Å². The molecule has 0 aliphatic carbocycles. The average molecular weight is 240 g/mol. The summed E-state index contributed by atoms with van der Waals surface area (Å²) in [5.74, 6) is 0. The molecule has 1 aromatic rings. The van der Waals surface area contributed by atoms with Crippen LogP contribution in [0.3, 0.4) is 0 Å². The van der Waals surface area contributed by atoms with E-state index in [9.17, 15) is 0 Å². The second kappa shape index (κ2) is 5.15. The molecule has 0 amide bonds. The molecule has 3 nitrogen and oxygen atoms in total. The summed E-state index contributed by atoms with van der Waals surface area (Å²) in [5, 5.41) is 6.77. The fourth-order valence-corrected chi connectivity index (χ4v) is 2.93. The van der Waals surface area contributed by atoms with Gasteiger partial charge >= 0.3 is 109 Å². The summed E-state index contributed by atoms with van der Waals surface area (Å²) in [6.07, 6.45) is 3.42. The number of rotatable bonds is 1. The van der Waals surface area contributed by atoms with E-state index in [0.29, 0.717) is 6.04 Å². The zero-order valence-corrected chi connectivity index (χ0v) is 10.7. The van der Waals surface area contributed by atoms with E-state index < -0.39 is 0 Å². The average Bonchev–Trinajstić information content (AvgIpc) is 2.58. The summed E-state index contributed by atoms with van der Waals surface area (Å²) in [6, 6.07) is 9.01. The molecule has 4 heteroatoms. The van der Waals surface area contributed by atoms with Crippen molar-refractivity contribution in [2.45, 2.75) is 25.3 Å². The fraction of sp³-hybridized carbons (Fsp3) is 0.500. The van der Waals surface area contributed by atoms with Crippen LogP contribution in [0.4, 0.5) is 5.69 Å². The Morgan fingerprint density at radius 2 is 1.94 bits per heavy atom. The first-order valence-corrected chi connectivity index (χ1v) is 6.79. The Morgan fingerprint density at radius 1 is 1.17 bits per heavy atom. The summed E-state index contributed by atoms with van der Waals surface area (Å²) in [5.41, 5.74) is 3.33. The van der Waals surface area contributed by atoms with Gasteiger partial charge in [-0.1, -0.05) is 0 Å². The fourth-order valence-electron chi connectivity index (χ4n) is 2.93. The maximum atomic E-state index is 6.24. The van der Waals surface area contributed by atoms with Gasteiger partial charge < -0.3 is 0 Å². The summed E-state index contributed by atoms with van der Waals surface area (Å²) in [6.45, 7) is 3.21. The monoisotopic (exact) mass is 240 g/mol. The van der Waals surface area contributed by atoms with E-state index in [0.717, 1.165) is 37.5 Å². The molecule has 18 heavy (non-hydrogen) atoms. The van der Waals surface area contributed by atoms with Crippen LogP contribution in [0.25, 0.3) is 0 Å². The SMILES string of the molecule is [B]=C1Nc2ccccc2CCN1C1CCNCC1. The van der Waals surface area contributed by atoms with Gasteiger partial charge in [0.1, 0.15) is 0 Å². The van der Waals surface area contributed by atoms with Crippen molar-refractivity contribution in [3.8, 4) is 0 Å². The quantitative estimate of drug-likeness (QED) is 0.716. The molecule has 1 fully saturated rings. The number of para-hydroxylation sites is 1. The number of nitrogens with one attached hydrogen (secondary N) is 2. The number of hydrogen-bond acceptors (Lipinski definition) is 3. The standard InChI is InChI=1S/C14H19BN3/c15-14-17-13-4-2-1-3-11(13)7-10-18(14)12-5-8-16-9-6-12/h1-4,12,16-17H,5-10H2. The van der Waals surface area contributed by atoms with Gasteiger partial charge in [0.25, 0.3) is 0 Å². The van der Waals surface area contributed by atoms with E-state index in [-0.39, 0.29) is 0 Å². The Kier molecular flexibility index (Phi) is 3.37. The third kappa shape index (κ3) is 2.30. The van der Waals surface area contributed by atoms with Gasteiger partial charge in [0.05, 0.1) is 0 Å². The molecule has 0 bridgehead atoms. The van der Waals surface area contributed by atoms with Crippen molar-refractivity contribution in [1.82, 2.24) is 10.2 Å². The van der Waals surface area contributed by atoms with Crippen LogP contribution in [0.15, 0.2) is 24.3 Å². The van der Waals surface area contributed by atoms with E-state index in [1.165, 1.54) is 18.4 Å². The van der Waals surface area contributed by atoms with Crippen LogP contribution in [-0.2, 0) is 6.42 Å². The first-order valence-electron chi connectivity index (χ1n) is 6.79. The van der Waals surface area contributed by atoms with Gasteiger partial charge in [-0.05, 0) is 0 Å². The molecule has 0 unspecified atom stereocenters. The minimum atomic E-state index is 0.577. The number of benzene rings is 1. The number of anilines is 1. The first kappa shape index (κ1) is 11.8. The Morgan fingerprint density at radius 3 is 2.78 bits per heavy atom. The first-order chi connectivity index (χ1) is 8.84. The Labute approximate surface area is 110 Å². The van der Waals surface area contributed by atoms with E-state index in [1.54, 1.807) is 0 Å². The number of piperidine rings is 1. The van der Waals surface area contributed by atoms with Gasteiger partial charge in [-0.2, -0.15) is 0 Å². The molecule has 2 aliphatic heterocycles. The van der Waals surface area contributed by atoms with Crippen LogP contribution >= 0.6 is 0 Å². The van der Waals surface area contributed by atoms with Gasteiger partial charge in [0.2, 0.25) is 0 Å². The van der Waals surface area contributed by atoms with Crippen LogP contribution in [0.2, 0.25) is 0 Å². The molecule has 0 saturated carbocycles. The Hall–Kier alpha value is -1.29. The molecule has 2 N–H and O–H groups in total. The third-order valence-electron chi connectivity index (χ3n) is 3.96. The molecule has 0 spiro atoms. The number of hydrogen-bond donors (Lipinski definition) is 2. The van der Waals surface area contributed by atoms with Crippen molar-refractivity contribution >= 4 is 18.9 Å². The van der Waals surface area contributed by atoms with Crippen LogP contribution in [-0.4, -0.2) is 43.8 Å². The summed E-state index contributed by atoms with van der Waals surface area (Å²) in [7, 11) is 6.24. The second-order valence-electron chi connectivity index (χ2n) is 5.09. The number of fused-ring (bicyclic) bond motifs is 1. The second-order valence-corrected chi connectivity index (χ2v) is 5.09. The molecule has 2 heterocycles. The van der Waals surface area contributed by atoms with Gasteiger partial charge in [-0.15, -0.1) is 0 Å². The van der Waals surface area contributed by atoms with Crippen molar-refractivity contribution in [3.63, 3.8) is 0 Å². The van der Waals surface area contributed by atoms with Crippen molar-refractivity contribution in [1.29, 1.82) is 0 Å². The molecule has 3 rings (SSSR count). The van der Waals surface area contributed by atoms with E-state index in [1.807, 2.05) is 0 Å². The Balaban J connectivity index is 1.78. The van der Waals surface area contributed by atoms with Gasteiger partial charge in [0, 0.05) is 0 Å². The van der Waals surface area contributed by atoms with E-state index in [2.05, 4.69) is 39.8 Å². The van der Waals surface area contributed by atoms with Crippen LogP contribution in [0.5, 0.6) is 0 Å². The third-order valence-corrected chi connectivity index (χ3v) is 3.96. The van der Waals surface area contributed by atoms with E-state index >= 15 is 0 Å². The minimum absolute atomic E-state index is 0.577.